The maximum atomic E-state index is 11.7. The van der Waals surface area contributed by atoms with Crippen LogP contribution >= 0.6 is 0 Å². The Morgan fingerprint density at radius 2 is 2.06 bits per heavy atom. The summed E-state index contributed by atoms with van der Waals surface area (Å²) in [5, 5.41) is 35.0. The van der Waals surface area contributed by atoms with Gasteiger partial charge in [0.05, 0.1) is 19.1 Å². The molecule has 0 fully saturated rings. The lowest BCUT2D eigenvalue weighted by Crippen LogP contribution is -2.28. The number of rotatable bonds is 3. The second-order valence-electron chi connectivity index (χ2n) is 3.16. The highest BCUT2D eigenvalue weighted by molar-refractivity contribution is 5.97. The molecule has 0 atom stereocenters. The van der Waals surface area contributed by atoms with E-state index in [4.69, 9.17) is 22.3 Å². The van der Waals surface area contributed by atoms with E-state index < -0.39 is 35.5 Å². The van der Waals surface area contributed by atoms with Crippen molar-refractivity contribution in [1.82, 2.24) is 4.90 Å². The van der Waals surface area contributed by atoms with E-state index in [1.54, 1.807) is 6.07 Å². The second-order valence-corrected chi connectivity index (χ2v) is 3.16. The van der Waals surface area contributed by atoms with Crippen LogP contribution in [0.25, 0.3) is 0 Å². The van der Waals surface area contributed by atoms with Gasteiger partial charge >= 0.3 is 5.97 Å². The van der Waals surface area contributed by atoms with Crippen LogP contribution in [-0.4, -0.2) is 28.4 Å². The Bertz CT molecular complexity index is 626. The summed E-state index contributed by atoms with van der Waals surface area (Å²) in [5.41, 5.74) is -1.19. The number of carboxylic acids is 1. The monoisotopic (exact) mass is 243 g/mol. The van der Waals surface area contributed by atoms with Crippen molar-refractivity contribution in [1.29, 1.82) is 15.8 Å². The highest BCUT2D eigenvalue weighted by Crippen LogP contribution is 2.26. The number of nitriles is 3. The van der Waals surface area contributed by atoms with Crippen LogP contribution in [0.2, 0.25) is 0 Å². The zero-order chi connectivity index (χ0) is 14.6. The third kappa shape index (κ3) is 2.34. The fourth-order valence-electron chi connectivity index (χ4n) is 1.36. The Kier molecular flexibility index (Phi) is 3.34. The zero-order valence-corrected chi connectivity index (χ0v) is 8.97. The summed E-state index contributed by atoms with van der Waals surface area (Å²) in [4.78, 5) is 23.0. The number of carbonyl (C=O) groups is 2. The molecule has 7 heteroatoms. The van der Waals surface area contributed by atoms with Gasteiger partial charge in [-0.1, -0.05) is 0 Å². The van der Waals surface area contributed by atoms with Gasteiger partial charge in [-0.25, -0.2) is 0 Å². The van der Waals surface area contributed by atoms with Crippen molar-refractivity contribution in [3.8, 4) is 18.2 Å². The number of hydrogen-bond donors (Lipinski definition) is 1. The Morgan fingerprint density at radius 1 is 1.44 bits per heavy atom. The fourth-order valence-corrected chi connectivity index (χ4v) is 1.36. The van der Waals surface area contributed by atoms with Gasteiger partial charge in [0.25, 0.3) is 5.91 Å². The van der Waals surface area contributed by atoms with Gasteiger partial charge in [0, 0.05) is 12.6 Å². The maximum absolute atomic E-state index is 11.7. The molecule has 0 saturated carbocycles. The molecule has 0 bridgehead atoms. The van der Waals surface area contributed by atoms with Gasteiger partial charge in [0.15, 0.2) is 5.57 Å². The van der Waals surface area contributed by atoms with E-state index >= 15 is 0 Å². The minimum atomic E-state index is -1.18. The van der Waals surface area contributed by atoms with Gasteiger partial charge in [-0.15, -0.1) is 0 Å². The standard InChI is InChI=1S/C11H6N4O3/c12-4-7-3-9(16)15(2-1-10(17)18)11(7)8(5-13)6-14/h3H,1-2H2,(H,17,18)/i3D. The molecule has 0 aromatic carbocycles. The number of carbonyl (C=O) groups excluding carboxylic acids is 1. The molecule has 88 valence electrons. The topological polar surface area (TPSA) is 129 Å². The summed E-state index contributed by atoms with van der Waals surface area (Å²) in [6.07, 6.45) is -0.425. The average Bonchev–Trinajstić information content (AvgIpc) is 2.61. The van der Waals surface area contributed by atoms with E-state index in [9.17, 15) is 9.59 Å². The Labute approximate surface area is 103 Å². The van der Waals surface area contributed by atoms with Gasteiger partial charge in [-0.05, 0) is 0 Å². The van der Waals surface area contributed by atoms with Crippen molar-refractivity contribution >= 4 is 11.9 Å². The molecule has 0 aromatic heterocycles. The molecule has 1 heterocycles. The van der Waals surface area contributed by atoms with Gasteiger partial charge in [-0.2, -0.15) is 15.8 Å². The van der Waals surface area contributed by atoms with Gasteiger partial charge < -0.3 is 10.0 Å². The van der Waals surface area contributed by atoms with Crippen molar-refractivity contribution in [3.63, 3.8) is 0 Å². The quantitative estimate of drug-likeness (QED) is 0.697. The molecule has 18 heavy (non-hydrogen) atoms. The van der Waals surface area contributed by atoms with Crippen LogP contribution in [0.1, 0.15) is 7.79 Å². The van der Waals surface area contributed by atoms with E-state index in [0.29, 0.717) is 0 Å². The van der Waals surface area contributed by atoms with Crippen LogP contribution in [-0.2, 0) is 9.59 Å². The van der Waals surface area contributed by atoms with Crippen LogP contribution in [0, 0.1) is 34.0 Å². The molecular formula is C11H6N4O3. The lowest BCUT2D eigenvalue weighted by Gasteiger charge is -2.17. The van der Waals surface area contributed by atoms with Gasteiger partial charge in [0.2, 0.25) is 0 Å². The van der Waals surface area contributed by atoms with E-state index in [-0.39, 0.29) is 12.2 Å². The van der Waals surface area contributed by atoms with Crippen molar-refractivity contribution in [3.05, 3.63) is 22.9 Å². The average molecular weight is 243 g/mol. The van der Waals surface area contributed by atoms with Crippen molar-refractivity contribution in [2.45, 2.75) is 6.42 Å². The molecule has 1 N–H and O–H groups in total. The largest absolute Gasteiger partial charge is 0.481 e. The summed E-state index contributed by atoms with van der Waals surface area (Å²) in [7, 11) is 0. The number of allylic oxidation sites excluding steroid dienone is 2. The highest BCUT2D eigenvalue weighted by Gasteiger charge is 2.30. The minimum absolute atomic E-state index is 0.288. The van der Waals surface area contributed by atoms with Crippen molar-refractivity contribution in [2.24, 2.45) is 0 Å². The smallest absolute Gasteiger partial charge is 0.305 e. The maximum Gasteiger partial charge on any atom is 0.305 e. The summed E-state index contributed by atoms with van der Waals surface area (Å²) in [6.45, 7) is -0.316. The van der Waals surface area contributed by atoms with Crippen LogP contribution < -0.4 is 0 Å². The van der Waals surface area contributed by atoms with Gasteiger partial charge in [0.1, 0.15) is 18.2 Å². The molecule has 0 aromatic rings. The van der Waals surface area contributed by atoms with Crippen LogP contribution in [0.15, 0.2) is 22.9 Å². The Morgan fingerprint density at radius 3 is 2.50 bits per heavy atom. The third-order valence-corrected chi connectivity index (χ3v) is 2.11. The molecule has 0 aliphatic carbocycles. The van der Waals surface area contributed by atoms with Gasteiger partial charge in [-0.3, -0.25) is 9.59 Å². The third-order valence-electron chi connectivity index (χ3n) is 2.11. The first-order chi connectivity index (χ1) is 8.97. The number of amides is 1. The SMILES string of the molecule is [2H]C1=C(C#N)C(=C(C#N)C#N)N(CCC(=O)O)C1=O. The molecule has 0 radical (unpaired) electrons. The number of hydrogen-bond acceptors (Lipinski definition) is 5. The molecule has 1 aliphatic rings. The molecule has 0 spiro atoms. The zero-order valence-electron chi connectivity index (χ0n) is 9.97. The first-order valence-electron chi connectivity index (χ1n) is 5.17. The number of aliphatic carboxylic acids is 1. The predicted octanol–water partition coefficient (Wildman–Crippen LogP) is 0.0545. The van der Waals surface area contributed by atoms with Crippen LogP contribution in [0.3, 0.4) is 0 Å². The molecular weight excluding hydrogens is 236 g/mol. The second kappa shape index (κ2) is 5.29. The molecule has 1 amide bonds. The van der Waals surface area contributed by atoms with Crippen LogP contribution in [0.4, 0.5) is 0 Å². The van der Waals surface area contributed by atoms with Crippen molar-refractivity contribution in [2.75, 3.05) is 6.54 Å². The summed E-state index contributed by atoms with van der Waals surface area (Å²) < 4.78 is 7.45. The lowest BCUT2D eigenvalue weighted by molar-refractivity contribution is -0.137. The summed E-state index contributed by atoms with van der Waals surface area (Å²) >= 11 is 0. The molecule has 1 aliphatic heterocycles. The minimum Gasteiger partial charge on any atom is -0.481 e. The Hall–Kier alpha value is -3.11. The summed E-state index contributed by atoms with van der Waals surface area (Å²) in [5.74, 6) is -2.07. The molecule has 1 rings (SSSR count). The first-order valence-corrected chi connectivity index (χ1v) is 4.67. The fraction of sp³-hybridized carbons (Fsp3) is 0.182. The molecule has 0 unspecified atom stereocenters. The van der Waals surface area contributed by atoms with E-state index in [0.717, 1.165) is 4.90 Å². The highest BCUT2D eigenvalue weighted by atomic mass is 16.4. The molecule has 7 nitrogen and oxygen atoms in total. The lowest BCUT2D eigenvalue weighted by atomic mass is 10.1. The van der Waals surface area contributed by atoms with E-state index in [1.165, 1.54) is 12.1 Å². The van der Waals surface area contributed by atoms with Crippen molar-refractivity contribution < 1.29 is 16.1 Å². The number of nitrogens with zero attached hydrogens (tertiary/aromatic N) is 4. The van der Waals surface area contributed by atoms with Crippen LogP contribution in [0.5, 0.6) is 0 Å². The van der Waals surface area contributed by atoms with E-state index in [2.05, 4.69) is 0 Å². The number of carboxylic acid groups (broad SMARTS) is 1. The normalized spacial score (nSPS) is 14.7. The predicted molar refractivity (Wildman–Crippen MR) is 55.9 cm³/mol. The van der Waals surface area contributed by atoms with E-state index in [1.807, 2.05) is 0 Å². The first kappa shape index (κ1) is 11.4. The Balaban J connectivity index is 3.35. The molecule has 0 saturated heterocycles. The summed E-state index contributed by atoms with van der Waals surface area (Å²) in [6, 6.07) is 3.99.